The third-order valence-electron chi connectivity index (χ3n) is 2.08. The number of benzene rings is 2. The van der Waals surface area contributed by atoms with E-state index in [1.54, 1.807) is 12.1 Å². The standard InChI is InChI=1S/C12H7BrClF/c13-10-3-1-2-8(6-10)9-4-5-11(14)12(15)7-9/h1-7H. The van der Waals surface area contributed by atoms with Crippen molar-refractivity contribution in [1.29, 1.82) is 0 Å². The predicted molar refractivity (Wildman–Crippen MR) is 64.5 cm³/mol. The molecule has 0 radical (unpaired) electrons. The van der Waals surface area contributed by atoms with Crippen LogP contribution < -0.4 is 0 Å². The number of hydrogen-bond acceptors (Lipinski definition) is 0. The normalized spacial score (nSPS) is 10.3. The minimum absolute atomic E-state index is 0.147. The molecule has 0 bridgehead atoms. The molecule has 0 aliphatic carbocycles. The zero-order valence-corrected chi connectivity index (χ0v) is 10.0. The van der Waals surface area contributed by atoms with Crippen molar-refractivity contribution in [2.24, 2.45) is 0 Å². The average Bonchev–Trinajstić information content (AvgIpc) is 2.22. The molecule has 0 atom stereocenters. The summed E-state index contributed by atoms with van der Waals surface area (Å²) in [4.78, 5) is 0. The molecule has 2 aromatic rings. The van der Waals surface area contributed by atoms with Crippen molar-refractivity contribution in [3.05, 3.63) is 57.8 Å². The summed E-state index contributed by atoms with van der Waals surface area (Å²) >= 11 is 8.99. The molecule has 0 aliphatic rings. The van der Waals surface area contributed by atoms with Gasteiger partial charge < -0.3 is 0 Å². The Morgan fingerprint density at radius 3 is 2.40 bits per heavy atom. The van der Waals surface area contributed by atoms with Crippen LogP contribution in [0.1, 0.15) is 0 Å². The van der Waals surface area contributed by atoms with Gasteiger partial charge in [-0.3, -0.25) is 0 Å². The van der Waals surface area contributed by atoms with Crippen LogP contribution in [0.2, 0.25) is 5.02 Å². The molecule has 0 N–H and O–H groups in total. The molecule has 0 saturated carbocycles. The Labute approximate surface area is 101 Å². The lowest BCUT2D eigenvalue weighted by molar-refractivity contribution is 0.629. The van der Waals surface area contributed by atoms with Crippen molar-refractivity contribution >= 4 is 27.5 Å². The van der Waals surface area contributed by atoms with E-state index >= 15 is 0 Å². The summed E-state index contributed by atoms with van der Waals surface area (Å²) in [6, 6.07) is 12.5. The monoisotopic (exact) mass is 284 g/mol. The van der Waals surface area contributed by atoms with Crippen molar-refractivity contribution in [1.82, 2.24) is 0 Å². The van der Waals surface area contributed by atoms with Gasteiger partial charge in [0.05, 0.1) is 5.02 Å². The molecule has 0 amide bonds. The van der Waals surface area contributed by atoms with Gasteiger partial charge in [0.25, 0.3) is 0 Å². The van der Waals surface area contributed by atoms with Crippen molar-refractivity contribution in [2.75, 3.05) is 0 Å². The van der Waals surface area contributed by atoms with E-state index in [2.05, 4.69) is 15.9 Å². The molecular formula is C12H7BrClF. The molecule has 2 aromatic carbocycles. The molecule has 0 heterocycles. The van der Waals surface area contributed by atoms with Crippen LogP contribution in [0.3, 0.4) is 0 Å². The quantitative estimate of drug-likeness (QED) is 0.698. The first-order valence-corrected chi connectivity index (χ1v) is 5.55. The van der Waals surface area contributed by atoms with Gasteiger partial charge in [-0.15, -0.1) is 0 Å². The smallest absolute Gasteiger partial charge is 0.142 e. The molecular weight excluding hydrogens is 278 g/mol. The summed E-state index contributed by atoms with van der Waals surface area (Å²) in [5.41, 5.74) is 1.78. The zero-order chi connectivity index (χ0) is 10.8. The number of halogens is 3. The average molecular weight is 286 g/mol. The van der Waals surface area contributed by atoms with Crippen LogP contribution in [0.5, 0.6) is 0 Å². The lowest BCUT2D eigenvalue weighted by Gasteiger charge is -2.03. The fourth-order valence-corrected chi connectivity index (χ4v) is 1.86. The van der Waals surface area contributed by atoms with Crippen LogP contribution in [0.15, 0.2) is 46.9 Å². The van der Waals surface area contributed by atoms with E-state index in [0.717, 1.165) is 15.6 Å². The number of hydrogen-bond donors (Lipinski definition) is 0. The van der Waals surface area contributed by atoms with Gasteiger partial charge in [-0.1, -0.05) is 45.7 Å². The Hall–Kier alpha value is -0.860. The van der Waals surface area contributed by atoms with Crippen LogP contribution >= 0.6 is 27.5 Å². The van der Waals surface area contributed by atoms with Crippen molar-refractivity contribution in [2.45, 2.75) is 0 Å². The molecule has 2 rings (SSSR count). The van der Waals surface area contributed by atoms with E-state index in [9.17, 15) is 4.39 Å². The maximum atomic E-state index is 13.2. The minimum Gasteiger partial charge on any atom is -0.205 e. The summed E-state index contributed by atoms with van der Waals surface area (Å²) in [7, 11) is 0. The van der Waals surface area contributed by atoms with E-state index < -0.39 is 5.82 Å². The second-order valence-corrected chi connectivity index (χ2v) is 4.46. The third-order valence-corrected chi connectivity index (χ3v) is 2.88. The van der Waals surface area contributed by atoms with Gasteiger partial charge in [0.1, 0.15) is 5.82 Å². The fraction of sp³-hybridized carbons (Fsp3) is 0. The highest BCUT2D eigenvalue weighted by atomic mass is 79.9. The zero-order valence-electron chi connectivity index (χ0n) is 7.68. The molecule has 0 aliphatic heterocycles. The van der Waals surface area contributed by atoms with Crippen LogP contribution in [-0.4, -0.2) is 0 Å². The van der Waals surface area contributed by atoms with Gasteiger partial charge in [-0.25, -0.2) is 4.39 Å². The fourth-order valence-electron chi connectivity index (χ4n) is 1.34. The highest BCUT2D eigenvalue weighted by Gasteiger charge is 2.03. The molecule has 0 unspecified atom stereocenters. The van der Waals surface area contributed by atoms with E-state index in [-0.39, 0.29) is 5.02 Å². The topological polar surface area (TPSA) is 0 Å². The van der Waals surface area contributed by atoms with Gasteiger partial charge in [-0.05, 0) is 35.4 Å². The highest BCUT2D eigenvalue weighted by molar-refractivity contribution is 9.10. The van der Waals surface area contributed by atoms with Crippen LogP contribution in [0.4, 0.5) is 4.39 Å². The SMILES string of the molecule is Fc1cc(-c2cccc(Br)c2)ccc1Cl. The van der Waals surface area contributed by atoms with Crippen LogP contribution in [0.25, 0.3) is 11.1 Å². The first kappa shape index (κ1) is 10.7. The van der Waals surface area contributed by atoms with Crippen molar-refractivity contribution in [3.8, 4) is 11.1 Å². The van der Waals surface area contributed by atoms with Crippen LogP contribution in [-0.2, 0) is 0 Å². The summed E-state index contributed by atoms with van der Waals surface area (Å²) in [6.45, 7) is 0. The molecule has 0 saturated heterocycles. The summed E-state index contributed by atoms with van der Waals surface area (Å²) in [5.74, 6) is -0.394. The van der Waals surface area contributed by atoms with Crippen molar-refractivity contribution < 1.29 is 4.39 Å². The van der Waals surface area contributed by atoms with Gasteiger partial charge in [0, 0.05) is 4.47 Å². The van der Waals surface area contributed by atoms with E-state index in [1.165, 1.54) is 6.07 Å². The third kappa shape index (κ3) is 2.39. The second kappa shape index (κ2) is 4.33. The second-order valence-electron chi connectivity index (χ2n) is 3.14. The Balaban J connectivity index is 2.50. The first-order chi connectivity index (χ1) is 7.16. The maximum absolute atomic E-state index is 13.2. The van der Waals surface area contributed by atoms with E-state index in [1.807, 2.05) is 24.3 Å². The molecule has 0 spiro atoms. The molecule has 3 heteroatoms. The maximum Gasteiger partial charge on any atom is 0.142 e. The number of rotatable bonds is 1. The molecule has 0 aromatic heterocycles. The van der Waals surface area contributed by atoms with Gasteiger partial charge in [0.2, 0.25) is 0 Å². The molecule has 0 fully saturated rings. The lowest BCUT2D eigenvalue weighted by atomic mass is 10.1. The highest BCUT2D eigenvalue weighted by Crippen LogP contribution is 2.26. The lowest BCUT2D eigenvalue weighted by Crippen LogP contribution is -1.81. The van der Waals surface area contributed by atoms with Gasteiger partial charge in [-0.2, -0.15) is 0 Å². The summed E-state index contributed by atoms with van der Waals surface area (Å²) in [5, 5.41) is 0.147. The first-order valence-electron chi connectivity index (χ1n) is 4.38. The summed E-state index contributed by atoms with van der Waals surface area (Å²) < 4.78 is 14.2. The van der Waals surface area contributed by atoms with Crippen molar-refractivity contribution in [3.63, 3.8) is 0 Å². The van der Waals surface area contributed by atoms with E-state index in [0.29, 0.717) is 0 Å². The predicted octanol–water partition coefficient (Wildman–Crippen LogP) is 4.91. The largest absolute Gasteiger partial charge is 0.205 e. The Morgan fingerprint density at radius 2 is 1.73 bits per heavy atom. The van der Waals surface area contributed by atoms with Gasteiger partial charge in [0.15, 0.2) is 0 Å². The Bertz CT molecular complexity index is 497. The molecule has 15 heavy (non-hydrogen) atoms. The Kier molecular flexibility index (Phi) is 3.08. The molecule has 0 nitrogen and oxygen atoms in total. The summed E-state index contributed by atoms with van der Waals surface area (Å²) in [6.07, 6.45) is 0. The van der Waals surface area contributed by atoms with Gasteiger partial charge >= 0.3 is 0 Å². The Morgan fingerprint density at radius 1 is 1.00 bits per heavy atom. The minimum atomic E-state index is -0.394. The van der Waals surface area contributed by atoms with Crippen LogP contribution in [0, 0.1) is 5.82 Å². The molecule has 76 valence electrons. The van der Waals surface area contributed by atoms with E-state index in [4.69, 9.17) is 11.6 Å².